The van der Waals surface area contributed by atoms with E-state index in [1.807, 2.05) is 0 Å². The Balaban J connectivity index is 1.84. The van der Waals surface area contributed by atoms with Gasteiger partial charge in [-0.3, -0.25) is 4.79 Å². The Labute approximate surface area is 130 Å². The van der Waals surface area contributed by atoms with Gasteiger partial charge in [-0.1, -0.05) is 0 Å². The number of anilines is 1. The summed E-state index contributed by atoms with van der Waals surface area (Å²) in [7, 11) is -3.57. The van der Waals surface area contributed by atoms with E-state index >= 15 is 0 Å². The second-order valence-electron chi connectivity index (χ2n) is 6.01. The van der Waals surface area contributed by atoms with E-state index in [4.69, 9.17) is 5.73 Å². The lowest BCUT2D eigenvalue weighted by Crippen LogP contribution is -2.41. The molecular weight excluding hydrogens is 302 g/mol. The van der Waals surface area contributed by atoms with Crippen molar-refractivity contribution in [2.45, 2.75) is 37.1 Å². The fourth-order valence-corrected chi connectivity index (χ4v) is 4.34. The first kappa shape index (κ1) is 15.5. The molecule has 22 heavy (non-hydrogen) atoms. The summed E-state index contributed by atoms with van der Waals surface area (Å²) in [5, 5.41) is 0. The summed E-state index contributed by atoms with van der Waals surface area (Å²) in [6.07, 6.45) is 2.74. The maximum absolute atomic E-state index is 12.5. The second-order valence-corrected chi connectivity index (χ2v) is 7.73. The summed E-state index contributed by atoms with van der Waals surface area (Å²) in [5.41, 5.74) is 7.38. The van der Waals surface area contributed by atoms with Crippen LogP contribution in [0.2, 0.25) is 0 Å². The molecule has 0 saturated heterocycles. The molecule has 1 atom stereocenters. The van der Waals surface area contributed by atoms with E-state index in [0.29, 0.717) is 25.4 Å². The van der Waals surface area contributed by atoms with Crippen molar-refractivity contribution in [2.24, 2.45) is 11.7 Å². The predicted molar refractivity (Wildman–Crippen MR) is 84.1 cm³/mol. The lowest BCUT2D eigenvalue weighted by atomic mass is 10.2. The van der Waals surface area contributed by atoms with Crippen LogP contribution < -0.4 is 15.4 Å². The molecule has 1 saturated carbocycles. The van der Waals surface area contributed by atoms with Crippen LogP contribution in [0.5, 0.6) is 0 Å². The number of carbonyl (C=O) groups is 1. The number of nitrogens with two attached hydrogens (primary N) is 1. The molecule has 2 aliphatic rings. The van der Waals surface area contributed by atoms with Crippen LogP contribution in [0.3, 0.4) is 0 Å². The number of nitrogens with zero attached hydrogens (tertiary/aromatic N) is 1. The van der Waals surface area contributed by atoms with Gasteiger partial charge in [-0.15, -0.1) is 0 Å². The highest BCUT2D eigenvalue weighted by atomic mass is 32.2. The molecule has 1 fully saturated rings. The Morgan fingerprint density at radius 1 is 1.45 bits per heavy atom. The van der Waals surface area contributed by atoms with Crippen LogP contribution >= 0.6 is 0 Å². The van der Waals surface area contributed by atoms with Crippen molar-refractivity contribution in [1.82, 2.24) is 4.72 Å². The summed E-state index contributed by atoms with van der Waals surface area (Å²) in [4.78, 5) is 13.5. The molecule has 1 unspecified atom stereocenters. The van der Waals surface area contributed by atoms with Crippen LogP contribution in [0.25, 0.3) is 0 Å². The summed E-state index contributed by atoms with van der Waals surface area (Å²) >= 11 is 0. The van der Waals surface area contributed by atoms with Gasteiger partial charge >= 0.3 is 0 Å². The van der Waals surface area contributed by atoms with Crippen LogP contribution in [-0.2, 0) is 21.2 Å². The van der Waals surface area contributed by atoms with Crippen molar-refractivity contribution in [3.8, 4) is 0 Å². The monoisotopic (exact) mass is 323 g/mol. The zero-order valence-corrected chi connectivity index (χ0v) is 13.4. The molecule has 0 spiro atoms. The normalized spacial score (nSPS) is 19.1. The van der Waals surface area contributed by atoms with Gasteiger partial charge in [0.2, 0.25) is 15.9 Å². The van der Waals surface area contributed by atoms with Crippen molar-refractivity contribution in [3.05, 3.63) is 23.8 Å². The molecule has 0 radical (unpaired) electrons. The van der Waals surface area contributed by atoms with Gasteiger partial charge in [0.25, 0.3) is 0 Å². The topological polar surface area (TPSA) is 92.5 Å². The van der Waals surface area contributed by atoms with E-state index in [1.165, 1.54) is 6.92 Å². The third-order valence-electron chi connectivity index (χ3n) is 4.39. The molecule has 7 heteroatoms. The first-order valence-corrected chi connectivity index (χ1v) is 9.04. The maximum Gasteiger partial charge on any atom is 0.240 e. The number of hydrogen-bond donors (Lipinski definition) is 2. The van der Waals surface area contributed by atoms with Crippen molar-refractivity contribution in [3.63, 3.8) is 0 Å². The van der Waals surface area contributed by atoms with Gasteiger partial charge < -0.3 is 10.6 Å². The summed E-state index contributed by atoms with van der Waals surface area (Å²) < 4.78 is 27.7. The molecule has 1 aromatic rings. The lowest BCUT2D eigenvalue weighted by Gasteiger charge is -2.17. The number of nitrogens with one attached hydrogen (secondary N) is 1. The van der Waals surface area contributed by atoms with Gasteiger partial charge in [0, 0.05) is 31.7 Å². The zero-order chi connectivity index (χ0) is 15.9. The van der Waals surface area contributed by atoms with Crippen LogP contribution in [0.4, 0.5) is 5.69 Å². The second kappa shape index (κ2) is 5.64. The van der Waals surface area contributed by atoms with E-state index in [0.717, 1.165) is 24.1 Å². The number of sulfonamides is 1. The highest BCUT2D eigenvalue weighted by molar-refractivity contribution is 7.89. The first-order chi connectivity index (χ1) is 10.4. The Morgan fingerprint density at radius 3 is 2.77 bits per heavy atom. The smallest absolute Gasteiger partial charge is 0.240 e. The van der Waals surface area contributed by atoms with Crippen LogP contribution in [0.1, 0.15) is 25.3 Å². The van der Waals surface area contributed by atoms with E-state index in [2.05, 4.69) is 4.72 Å². The van der Waals surface area contributed by atoms with E-state index in [-0.39, 0.29) is 16.8 Å². The molecule has 0 aromatic heterocycles. The SMILES string of the molecule is CC(=O)N1CCc2cc(S(=O)(=O)NC(CN)C3CC3)ccc21. The molecule has 120 valence electrons. The predicted octanol–water partition coefficient (Wildman–Crippen LogP) is 0.611. The number of benzene rings is 1. The first-order valence-electron chi connectivity index (χ1n) is 7.56. The molecule has 1 aromatic carbocycles. The molecule has 1 aliphatic heterocycles. The number of carbonyl (C=O) groups excluding carboxylic acids is 1. The number of rotatable bonds is 5. The van der Waals surface area contributed by atoms with E-state index in [9.17, 15) is 13.2 Å². The Morgan fingerprint density at radius 2 is 2.18 bits per heavy atom. The molecule has 1 heterocycles. The van der Waals surface area contributed by atoms with Crippen molar-refractivity contribution in [1.29, 1.82) is 0 Å². The van der Waals surface area contributed by atoms with Crippen LogP contribution in [0.15, 0.2) is 23.1 Å². The molecule has 3 rings (SSSR count). The number of fused-ring (bicyclic) bond motifs is 1. The van der Waals surface area contributed by atoms with Crippen LogP contribution in [-0.4, -0.2) is 33.5 Å². The minimum absolute atomic E-state index is 0.0237. The van der Waals surface area contributed by atoms with Crippen molar-refractivity contribution >= 4 is 21.6 Å². The van der Waals surface area contributed by atoms with Gasteiger partial charge in [-0.25, -0.2) is 13.1 Å². The zero-order valence-electron chi connectivity index (χ0n) is 12.6. The van der Waals surface area contributed by atoms with E-state index in [1.54, 1.807) is 23.1 Å². The van der Waals surface area contributed by atoms with E-state index < -0.39 is 10.0 Å². The minimum Gasteiger partial charge on any atom is -0.329 e. The van der Waals surface area contributed by atoms with Gasteiger partial charge in [-0.2, -0.15) is 0 Å². The average molecular weight is 323 g/mol. The van der Waals surface area contributed by atoms with Gasteiger partial charge in [0.1, 0.15) is 0 Å². The Hall–Kier alpha value is -1.44. The Kier molecular flexibility index (Phi) is 3.96. The Bertz CT molecular complexity index is 698. The maximum atomic E-state index is 12.5. The molecular formula is C15H21N3O3S. The minimum atomic E-state index is -3.57. The molecule has 1 aliphatic carbocycles. The molecule has 1 amide bonds. The molecule has 6 nitrogen and oxygen atoms in total. The molecule has 0 bridgehead atoms. The largest absolute Gasteiger partial charge is 0.329 e. The standard InChI is InChI=1S/C15H21N3O3S/c1-10(19)18-7-6-12-8-13(4-5-15(12)18)22(20,21)17-14(9-16)11-2-3-11/h4-5,8,11,14,17H,2-3,6-7,9,16H2,1H3. The highest BCUT2D eigenvalue weighted by Gasteiger charge is 2.34. The van der Waals surface area contributed by atoms with Gasteiger partial charge in [0.05, 0.1) is 4.90 Å². The van der Waals surface area contributed by atoms with Crippen molar-refractivity contribution < 1.29 is 13.2 Å². The number of hydrogen-bond acceptors (Lipinski definition) is 4. The average Bonchev–Trinajstić information content (AvgIpc) is 3.22. The van der Waals surface area contributed by atoms with Gasteiger partial charge in [0.15, 0.2) is 0 Å². The summed E-state index contributed by atoms with van der Waals surface area (Å²) in [6.45, 7) is 2.44. The summed E-state index contributed by atoms with van der Waals surface area (Å²) in [6, 6.07) is 4.75. The highest BCUT2D eigenvalue weighted by Crippen LogP contribution is 2.34. The number of amides is 1. The van der Waals surface area contributed by atoms with Gasteiger partial charge in [-0.05, 0) is 48.9 Å². The van der Waals surface area contributed by atoms with Crippen LogP contribution in [0, 0.1) is 5.92 Å². The lowest BCUT2D eigenvalue weighted by molar-refractivity contribution is -0.116. The fourth-order valence-electron chi connectivity index (χ4n) is 2.98. The fraction of sp³-hybridized carbons (Fsp3) is 0.533. The quantitative estimate of drug-likeness (QED) is 0.830. The summed E-state index contributed by atoms with van der Waals surface area (Å²) in [5.74, 6) is 0.340. The third kappa shape index (κ3) is 2.88. The molecule has 3 N–H and O–H groups in total. The van der Waals surface area contributed by atoms with Crippen molar-refractivity contribution in [2.75, 3.05) is 18.0 Å². The third-order valence-corrected chi connectivity index (χ3v) is 5.88.